The van der Waals surface area contributed by atoms with Crippen LogP contribution < -0.4 is 9.46 Å². The van der Waals surface area contributed by atoms with E-state index in [4.69, 9.17) is 9.47 Å². The summed E-state index contributed by atoms with van der Waals surface area (Å²) in [6.07, 6.45) is 1.53. The number of hydrogen-bond acceptors (Lipinski definition) is 4. The molecule has 2 rings (SSSR count). The Bertz CT molecular complexity index is 495. The molecule has 100 valence electrons. The van der Waals surface area contributed by atoms with Crippen molar-refractivity contribution in [1.29, 1.82) is 0 Å². The quantitative estimate of drug-likeness (QED) is 0.883. The van der Waals surface area contributed by atoms with E-state index in [0.717, 1.165) is 12.8 Å². The fourth-order valence-corrected chi connectivity index (χ4v) is 3.30. The summed E-state index contributed by atoms with van der Waals surface area (Å²) in [6.45, 7) is 0.648. The number of sulfonamides is 1. The van der Waals surface area contributed by atoms with Gasteiger partial charge in [0, 0.05) is 6.61 Å². The van der Waals surface area contributed by atoms with Crippen LogP contribution in [0.4, 0.5) is 5.69 Å². The summed E-state index contributed by atoms with van der Waals surface area (Å²) in [7, 11) is -1.90. The molecule has 1 saturated heterocycles. The molecular weight excluding hydrogens is 254 g/mol. The van der Waals surface area contributed by atoms with Gasteiger partial charge in [-0.3, -0.25) is 4.72 Å². The van der Waals surface area contributed by atoms with Crippen LogP contribution in [0.15, 0.2) is 24.3 Å². The van der Waals surface area contributed by atoms with Crippen LogP contribution in [0.1, 0.15) is 12.8 Å². The van der Waals surface area contributed by atoms with E-state index in [1.807, 2.05) is 0 Å². The van der Waals surface area contributed by atoms with E-state index in [9.17, 15) is 8.42 Å². The average Bonchev–Trinajstić information content (AvgIpc) is 2.81. The predicted octanol–water partition coefficient (Wildman–Crippen LogP) is 1.62. The topological polar surface area (TPSA) is 64.6 Å². The molecule has 6 heteroatoms. The second kappa shape index (κ2) is 5.58. The number of hydrogen-bond donors (Lipinski definition) is 1. The zero-order valence-electron chi connectivity index (χ0n) is 10.3. The monoisotopic (exact) mass is 271 g/mol. The van der Waals surface area contributed by atoms with Crippen LogP contribution in [-0.4, -0.2) is 34.0 Å². The van der Waals surface area contributed by atoms with Crippen LogP contribution in [0, 0.1) is 0 Å². The van der Waals surface area contributed by atoms with Gasteiger partial charge in [0.2, 0.25) is 10.0 Å². The van der Waals surface area contributed by atoms with Crippen molar-refractivity contribution in [2.75, 3.05) is 24.2 Å². The number of anilines is 1. The first-order chi connectivity index (χ1) is 8.61. The fourth-order valence-electron chi connectivity index (χ4n) is 1.96. The summed E-state index contributed by atoms with van der Waals surface area (Å²) in [4.78, 5) is 0. The zero-order valence-corrected chi connectivity index (χ0v) is 11.1. The molecule has 1 heterocycles. The van der Waals surface area contributed by atoms with Gasteiger partial charge in [-0.15, -0.1) is 0 Å². The van der Waals surface area contributed by atoms with Crippen LogP contribution >= 0.6 is 0 Å². The Morgan fingerprint density at radius 1 is 1.44 bits per heavy atom. The lowest BCUT2D eigenvalue weighted by Gasteiger charge is -2.14. The molecule has 0 spiro atoms. The molecule has 1 fully saturated rings. The summed E-state index contributed by atoms with van der Waals surface area (Å²) in [5.41, 5.74) is 0.456. The highest BCUT2D eigenvalue weighted by Crippen LogP contribution is 2.25. The van der Waals surface area contributed by atoms with Gasteiger partial charge < -0.3 is 9.47 Å². The van der Waals surface area contributed by atoms with Crippen LogP contribution in [0.2, 0.25) is 0 Å². The van der Waals surface area contributed by atoms with Gasteiger partial charge in [0.1, 0.15) is 5.75 Å². The van der Waals surface area contributed by atoms with Crippen LogP contribution in [0.5, 0.6) is 5.75 Å². The maximum atomic E-state index is 12.0. The summed E-state index contributed by atoms with van der Waals surface area (Å²) in [6, 6.07) is 6.93. The van der Waals surface area contributed by atoms with Crippen LogP contribution in [0.3, 0.4) is 0 Å². The predicted molar refractivity (Wildman–Crippen MR) is 69.4 cm³/mol. The number of benzene rings is 1. The van der Waals surface area contributed by atoms with Gasteiger partial charge in [-0.1, -0.05) is 12.1 Å². The molecule has 0 aliphatic carbocycles. The van der Waals surface area contributed by atoms with Crippen molar-refractivity contribution in [3.63, 3.8) is 0 Å². The Balaban J connectivity index is 2.06. The molecule has 1 aliphatic heterocycles. The van der Waals surface area contributed by atoms with Gasteiger partial charge in [0.25, 0.3) is 0 Å². The Morgan fingerprint density at radius 3 is 2.89 bits per heavy atom. The van der Waals surface area contributed by atoms with Gasteiger partial charge in [0.15, 0.2) is 0 Å². The second-order valence-electron chi connectivity index (χ2n) is 4.22. The molecule has 5 nitrogen and oxygen atoms in total. The first-order valence-electron chi connectivity index (χ1n) is 5.86. The minimum Gasteiger partial charge on any atom is -0.495 e. The van der Waals surface area contributed by atoms with Crippen molar-refractivity contribution in [2.45, 2.75) is 18.9 Å². The lowest BCUT2D eigenvalue weighted by atomic mass is 10.3. The van der Waals surface area contributed by atoms with E-state index in [1.54, 1.807) is 24.3 Å². The number of para-hydroxylation sites is 2. The van der Waals surface area contributed by atoms with E-state index in [0.29, 0.717) is 18.0 Å². The number of nitrogens with one attached hydrogen (secondary N) is 1. The molecule has 1 aromatic rings. The fraction of sp³-hybridized carbons (Fsp3) is 0.500. The van der Waals surface area contributed by atoms with E-state index in [1.165, 1.54) is 7.11 Å². The molecule has 1 atom stereocenters. The van der Waals surface area contributed by atoms with Crippen molar-refractivity contribution in [1.82, 2.24) is 0 Å². The smallest absolute Gasteiger partial charge is 0.235 e. The molecule has 0 amide bonds. The summed E-state index contributed by atoms with van der Waals surface area (Å²) in [5, 5.41) is 0. The number of methoxy groups -OCH3 is 1. The van der Waals surface area contributed by atoms with Gasteiger partial charge in [-0.25, -0.2) is 8.42 Å². The lowest BCUT2D eigenvalue weighted by Crippen LogP contribution is -2.25. The maximum Gasteiger partial charge on any atom is 0.235 e. The third-order valence-electron chi connectivity index (χ3n) is 2.80. The molecule has 0 saturated carbocycles. The van der Waals surface area contributed by atoms with Crippen molar-refractivity contribution in [3.05, 3.63) is 24.3 Å². The Hall–Kier alpha value is -1.27. The van der Waals surface area contributed by atoms with Gasteiger partial charge in [0.05, 0.1) is 24.7 Å². The van der Waals surface area contributed by atoms with Crippen molar-refractivity contribution in [3.8, 4) is 5.75 Å². The van der Waals surface area contributed by atoms with E-state index in [2.05, 4.69) is 4.72 Å². The molecule has 1 N–H and O–H groups in total. The third kappa shape index (κ3) is 3.36. The van der Waals surface area contributed by atoms with Gasteiger partial charge in [-0.05, 0) is 25.0 Å². The van der Waals surface area contributed by atoms with Gasteiger partial charge >= 0.3 is 0 Å². The van der Waals surface area contributed by atoms with Crippen LogP contribution in [-0.2, 0) is 14.8 Å². The molecule has 1 aliphatic rings. The molecular formula is C12H17NO4S. The molecule has 0 aromatic heterocycles. The molecule has 0 radical (unpaired) electrons. The number of ether oxygens (including phenoxy) is 2. The van der Waals surface area contributed by atoms with Gasteiger partial charge in [-0.2, -0.15) is 0 Å². The standard InChI is InChI=1S/C12H17NO4S/c1-16-12-7-3-2-6-11(12)13-18(14,15)9-10-5-4-8-17-10/h2-3,6-7,10,13H,4-5,8-9H2,1H3. The molecule has 0 bridgehead atoms. The van der Waals surface area contributed by atoms with E-state index < -0.39 is 10.0 Å². The Kier molecular flexibility index (Phi) is 4.08. The summed E-state index contributed by atoms with van der Waals surface area (Å²) >= 11 is 0. The SMILES string of the molecule is COc1ccccc1NS(=O)(=O)CC1CCCO1. The van der Waals surface area contributed by atoms with Crippen molar-refractivity contribution < 1.29 is 17.9 Å². The highest BCUT2D eigenvalue weighted by molar-refractivity contribution is 7.92. The first-order valence-corrected chi connectivity index (χ1v) is 7.51. The van der Waals surface area contributed by atoms with Crippen molar-refractivity contribution >= 4 is 15.7 Å². The average molecular weight is 271 g/mol. The lowest BCUT2D eigenvalue weighted by molar-refractivity contribution is 0.127. The Morgan fingerprint density at radius 2 is 2.22 bits per heavy atom. The molecule has 1 aromatic carbocycles. The largest absolute Gasteiger partial charge is 0.495 e. The second-order valence-corrected chi connectivity index (χ2v) is 5.99. The first kappa shape index (κ1) is 13.2. The minimum atomic E-state index is -3.41. The zero-order chi connectivity index (χ0) is 13.0. The maximum absolute atomic E-state index is 12.0. The van der Waals surface area contributed by atoms with Crippen LogP contribution in [0.25, 0.3) is 0 Å². The van der Waals surface area contributed by atoms with Crippen molar-refractivity contribution in [2.24, 2.45) is 0 Å². The number of rotatable bonds is 5. The normalized spacial score (nSPS) is 19.7. The minimum absolute atomic E-state index is 0.00888. The summed E-state index contributed by atoms with van der Waals surface area (Å²) < 4.78 is 36.9. The highest BCUT2D eigenvalue weighted by atomic mass is 32.2. The van der Waals surface area contributed by atoms with E-state index in [-0.39, 0.29) is 11.9 Å². The van der Waals surface area contributed by atoms with E-state index >= 15 is 0 Å². The summed E-state index contributed by atoms with van der Waals surface area (Å²) in [5.74, 6) is 0.499. The Labute approximate surface area is 107 Å². The third-order valence-corrected chi connectivity index (χ3v) is 4.14. The highest BCUT2D eigenvalue weighted by Gasteiger charge is 2.23. The molecule has 1 unspecified atom stereocenters. The molecule has 18 heavy (non-hydrogen) atoms.